The molecule has 2 rings (SSSR count). The van der Waals surface area contributed by atoms with Crippen LogP contribution in [-0.4, -0.2) is 5.11 Å². The van der Waals surface area contributed by atoms with Gasteiger partial charge in [-0.3, -0.25) is 0 Å². The molecule has 18 heavy (non-hydrogen) atoms. The minimum atomic E-state index is 0.299. The third-order valence-corrected chi connectivity index (χ3v) is 2.96. The Morgan fingerprint density at radius 3 is 1.67 bits per heavy atom. The Morgan fingerprint density at radius 1 is 0.778 bits per heavy atom. The molecule has 1 N–H and O–H groups in total. The molecule has 0 saturated carbocycles. The topological polar surface area (TPSA) is 20.2 Å². The minimum Gasteiger partial charge on any atom is -0.508 e. The molecule has 1 nitrogen and oxygen atoms in total. The molecular weight excluding hydrogens is 220 g/mol. The van der Waals surface area contributed by atoms with Crippen LogP contribution < -0.4 is 0 Å². The second kappa shape index (κ2) is 5.54. The molecule has 0 radical (unpaired) electrons. The van der Waals surface area contributed by atoms with Crippen molar-refractivity contribution in [3.63, 3.8) is 0 Å². The molecule has 0 fully saturated rings. The SMILES string of the molecule is CC(C)c1ccc(C=Cc2ccc(O)cc2)cc1. The molecule has 0 aliphatic rings. The Bertz CT molecular complexity index is 519. The zero-order valence-electron chi connectivity index (χ0n) is 10.8. The Labute approximate surface area is 108 Å². The van der Waals surface area contributed by atoms with E-state index < -0.39 is 0 Å². The van der Waals surface area contributed by atoms with Crippen LogP contribution in [-0.2, 0) is 0 Å². The Kier molecular flexibility index (Phi) is 3.83. The molecule has 0 spiro atoms. The van der Waals surface area contributed by atoms with Crippen LogP contribution in [0.2, 0.25) is 0 Å². The van der Waals surface area contributed by atoms with Crippen LogP contribution >= 0.6 is 0 Å². The number of hydrogen-bond acceptors (Lipinski definition) is 1. The van der Waals surface area contributed by atoms with Crippen LogP contribution in [0.15, 0.2) is 48.5 Å². The molecule has 0 aromatic heterocycles. The van der Waals surface area contributed by atoms with Crippen molar-refractivity contribution in [3.05, 3.63) is 65.2 Å². The molecule has 92 valence electrons. The molecule has 0 unspecified atom stereocenters. The molecule has 0 aliphatic carbocycles. The first-order valence-corrected chi connectivity index (χ1v) is 6.22. The summed E-state index contributed by atoms with van der Waals surface area (Å²) in [5.41, 5.74) is 3.63. The van der Waals surface area contributed by atoms with Gasteiger partial charge in [-0.25, -0.2) is 0 Å². The number of hydrogen-bond donors (Lipinski definition) is 1. The number of rotatable bonds is 3. The van der Waals surface area contributed by atoms with E-state index in [0.717, 1.165) is 5.56 Å². The predicted molar refractivity (Wildman–Crippen MR) is 77.6 cm³/mol. The van der Waals surface area contributed by atoms with Gasteiger partial charge in [0.2, 0.25) is 0 Å². The Hall–Kier alpha value is -2.02. The second-order valence-electron chi connectivity index (χ2n) is 4.75. The predicted octanol–water partition coefficient (Wildman–Crippen LogP) is 4.69. The lowest BCUT2D eigenvalue weighted by Gasteiger charge is -2.04. The van der Waals surface area contributed by atoms with E-state index in [0.29, 0.717) is 11.7 Å². The smallest absolute Gasteiger partial charge is 0.115 e. The number of phenols is 1. The highest BCUT2D eigenvalue weighted by molar-refractivity contribution is 5.69. The van der Waals surface area contributed by atoms with Crippen molar-refractivity contribution in [2.45, 2.75) is 19.8 Å². The van der Waals surface area contributed by atoms with Gasteiger partial charge in [0.25, 0.3) is 0 Å². The third-order valence-electron chi connectivity index (χ3n) is 2.96. The first-order chi connectivity index (χ1) is 8.65. The molecular formula is C17H18O. The van der Waals surface area contributed by atoms with Gasteiger partial charge in [0.15, 0.2) is 0 Å². The fraction of sp³-hybridized carbons (Fsp3) is 0.176. The lowest BCUT2D eigenvalue weighted by molar-refractivity contribution is 0.475. The van der Waals surface area contributed by atoms with Crippen molar-refractivity contribution in [1.29, 1.82) is 0 Å². The van der Waals surface area contributed by atoms with Crippen LogP contribution in [0.5, 0.6) is 5.75 Å². The molecule has 0 heterocycles. The summed E-state index contributed by atoms with van der Waals surface area (Å²) in [4.78, 5) is 0. The first-order valence-electron chi connectivity index (χ1n) is 6.22. The zero-order chi connectivity index (χ0) is 13.0. The molecule has 0 saturated heterocycles. The first kappa shape index (κ1) is 12.4. The molecule has 2 aromatic rings. The van der Waals surface area contributed by atoms with E-state index in [1.54, 1.807) is 12.1 Å². The number of benzene rings is 2. The second-order valence-corrected chi connectivity index (χ2v) is 4.75. The summed E-state index contributed by atoms with van der Waals surface area (Å²) in [6.07, 6.45) is 4.13. The van der Waals surface area contributed by atoms with Crippen molar-refractivity contribution in [2.24, 2.45) is 0 Å². The largest absolute Gasteiger partial charge is 0.508 e. The molecule has 0 aliphatic heterocycles. The van der Waals surface area contributed by atoms with Gasteiger partial charge in [0.1, 0.15) is 5.75 Å². The van der Waals surface area contributed by atoms with Crippen molar-refractivity contribution in [3.8, 4) is 5.75 Å². The van der Waals surface area contributed by atoms with Crippen LogP contribution in [0.1, 0.15) is 36.5 Å². The average molecular weight is 238 g/mol. The maximum atomic E-state index is 9.20. The van der Waals surface area contributed by atoms with E-state index in [4.69, 9.17) is 0 Å². The van der Waals surface area contributed by atoms with Crippen LogP contribution in [0.4, 0.5) is 0 Å². The summed E-state index contributed by atoms with van der Waals surface area (Å²) in [6, 6.07) is 15.8. The minimum absolute atomic E-state index is 0.299. The monoisotopic (exact) mass is 238 g/mol. The Balaban J connectivity index is 2.11. The number of aromatic hydroxyl groups is 1. The summed E-state index contributed by atoms with van der Waals surface area (Å²) in [5.74, 6) is 0.869. The van der Waals surface area contributed by atoms with Gasteiger partial charge in [0.05, 0.1) is 0 Å². The Morgan fingerprint density at radius 2 is 1.22 bits per heavy atom. The van der Waals surface area contributed by atoms with E-state index in [1.807, 2.05) is 18.2 Å². The van der Waals surface area contributed by atoms with Gasteiger partial charge in [0, 0.05) is 0 Å². The average Bonchev–Trinajstić information content (AvgIpc) is 2.38. The van der Waals surface area contributed by atoms with Crippen LogP contribution in [0, 0.1) is 0 Å². The standard InChI is InChI=1S/C17H18O/c1-13(2)16-9-5-14(6-10-16)3-4-15-7-11-17(18)12-8-15/h3-13,18H,1-2H3. The highest BCUT2D eigenvalue weighted by atomic mass is 16.3. The van der Waals surface area contributed by atoms with Gasteiger partial charge >= 0.3 is 0 Å². The maximum Gasteiger partial charge on any atom is 0.115 e. The highest BCUT2D eigenvalue weighted by Gasteiger charge is 1.97. The van der Waals surface area contributed by atoms with Crippen molar-refractivity contribution in [1.82, 2.24) is 0 Å². The van der Waals surface area contributed by atoms with E-state index in [1.165, 1.54) is 11.1 Å². The van der Waals surface area contributed by atoms with Crippen molar-refractivity contribution in [2.75, 3.05) is 0 Å². The fourth-order valence-electron chi connectivity index (χ4n) is 1.77. The van der Waals surface area contributed by atoms with Gasteiger partial charge < -0.3 is 5.11 Å². The quantitative estimate of drug-likeness (QED) is 0.769. The van der Waals surface area contributed by atoms with Gasteiger partial charge in [-0.1, -0.05) is 62.4 Å². The molecule has 2 aromatic carbocycles. The molecule has 0 bridgehead atoms. The van der Waals surface area contributed by atoms with E-state index in [-0.39, 0.29) is 0 Å². The van der Waals surface area contributed by atoms with E-state index in [2.05, 4.69) is 44.2 Å². The normalized spacial score (nSPS) is 11.3. The van der Waals surface area contributed by atoms with Crippen LogP contribution in [0.3, 0.4) is 0 Å². The zero-order valence-corrected chi connectivity index (χ0v) is 10.8. The lowest BCUT2D eigenvalue weighted by atomic mass is 10.0. The summed E-state index contributed by atoms with van der Waals surface area (Å²) >= 11 is 0. The fourth-order valence-corrected chi connectivity index (χ4v) is 1.77. The van der Waals surface area contributed by atoms with Gasteiger partial charge in [-0.15, -0.1) is 0 Å². The molecule has 0 amide bonds. The van der Waals surface area contributed by atoms with Crippen LogP contribution in [0.25, 0.3) is 12.2 Å². The molecule has 1 heteroatoms. The van der Waals surface area contributed by atoms with Gasteiger partial charge in [-0.2, -0.15) is 0 Å². The lowest BCUT2D eigenvalue weighted by Crippen LogP contribution is -1.85. The van der Waals surface area contributed by atoms with Gasteiger partial charge in [-0.05, 0) is 34.7 Å². The van der Waals surface area contributed by atoms with E-state index in [9.17, 15) is 5.11 Å². The molecule has 0 atom stereocenters. The third kappa shape index (κ3) is 3.24. The summed E-state index contributed by atoms with van der Waals surface area (Å²) in [5, 5.41) is 9.20. The maximum absolute atomic E-state index is 9.20. The number of phenolic OH excluding ortho intramolecular Hbond substituents is 1. The summed E-state index contributed by atoms with van der Waals surface area (Å²) in [7, 11) is 0. The summed E-state index contributed by atoms with van der Waals surface area (Å²) < 4.78 is 0. The van der Waals surface area contributed by atoms with Crippen molar-refractivity contribution >= 4 is 12.2 Å². The van der Waals surface area contributed by atoms with Crippen molar-refractivity contribution < 1.29 is 5.11 Å². The summed E-state index contributed by atoms with van der Waals surface area (Å²) in [6.45, 7) is 4.39. The van der Waals surface area contributed by atoms with E-state index >= 15 is 0 Å². The highest BCUT2D eigenvalue weighted by Crippen LogP contribution is 2.17.